The van der Waals surface area contributed by atoms with Gasteiger partial charge in [-0.2, -0.15) is 0 Å². The number of ketones is 1. The minimum atomic E-state index is -0.318. The number of esters is 1. The molecule has 0 amide bonds. The Morgan fingerprint density at radius 3 is 1.63 bits per heavy atom. The molecule has 0 spiro atoms. The molecule has 0 N–H and O–H groups in total. The van der Waals surface area contributed by atoms with E-state index in [1.807, 2.05) is 43.3 Å². The topological polar surface area (TPSA) is 80.8 Å². The summed E-state index contributed by atoms with van der Waals surface area (Å²) in [5.74, 6) is 4.55. The average Bonchev–Trinajstić information content (AvgIpc) is 4.16. The van der Waals surface area contributed by atoms with Crippen molar-refractivity contribution in [3.63, 3.8) is 0 Å². The molecular formula is C54H79N3O6. The van der Waals surface area contributed by atoms with Crippen molar-refractivity contribution < 1.29 is 28.5 Å². The van der Waals surface area contributed by atoms with Crippen molar-refractivity contribution in [2.75, 3.05) is 79.3 Å². The Morgan fingerprint density at radius 1 is 0.603 bits per heavy atom. The second-order valence-electron chi connectivity index (χ2n) is 18.3. The van der Waals surface area contributed by atoms with Crippen molar-refractivity contribution in [2.24, 2.45) is 17.8 Å². The molecule has 4 fully saturated rings. The lowest BCUT2D eigenvalue weighted by atomic mass is 9.92. The number of methoxy groups -OCH3 is 1. The molecule has 9 nitrogen and oxygen atoms in total. The van der Waals surface area contributed by atoms with Gasteiger partial charge in [-0.05, 0) is 176 Å². The van der Waals surface area contributed by atoms with Gasteiger partial charge in [-0.1, -0.05) is 51.0 Å². The summed E-state index contributed by atoms with van der Waals surface area (Å²) in [5.41, 5.74) is 2.60. The highest BCUT2D eigenvalue weighted by molar-refractivity contribution is 5.99. The number of rotatable bonds is 19. The summed E-state index contributed by atoms with van der Waals surface area (Å²) in [6.07, 6.45) is 19.0. The molecule has 0 bridgehead atoms. The highest BCUT2D eigenvalue weighted by Gasteiger charge is 2.30. The van der Waals surface area contributed by atoms with E-state index in [0.29, 0.717) is 18.0 Å². The second-order valence-corrected chi connectivity index (χ2v) is 18.3. The second kappa shape index (κ2) is 27.9. The Balaban J connectivity index is 0.000000179. The molecular weight excluding hydrogens is 787 g/mol. The molecule has 3 aliphatic heterocycles. The molecule has 7 rings (SSSR count). The number of hydrogen-bond acceptors (Lipinski definition) is 9. The smallest absolute Gasteiger partial charge is 0.337 e. The van der Waals surface area contributed by atoms with Crippen LogP contribution in [0.15, 0.2) is 78.9 Å². The van der Waals surface area contributed by atoms with Crippen molar-refractivity contribution in [1.82, 2.24) is 14.7 Å². The van der Waals surface area contributed by atoms with Crippen LogP contribution in [0.25, 0.3) is 6.08 Å². The SMILES string of the molecule is CC=Cc1ccc(OCCCN2CCCCC2C)cc1.COC(=O)c1ccc(OCCCN2CCCCC2)cc1.C[C@@H]1C[C@H](C)CN(CCCOc2ccc(C(=O)C3CC3)cc2)C1. The molecule has 0 radical (unpaired) electrons. The van der Waals surface area contributed by atoms with E-state index >= 15 is 0 Å². The fraction of sp³-hybridized carbons (Fsp3) is 0.593. The summed E-state index contributed by atoms with van der Waals surface area (Å²) in [6.45, 7) is 20.9. The molecule has 4 aliphatic rings. The zero-order chi connectivity index (χ0) is 44.7. The average molecular weight is 866 g/mol. The zero-order valence-electron chi connectivity index (χ0n) is 39.4. The molecule has 346 valence electrons. The number of ether oxygens (including phenoxy) is 4. The largest absolute Gasteiger partial charge is 0.494 e. The number of piperidine rings is 3. The first kappa shape index (κ1) is 49.8. The van der Waals surface area contributed by atoms with Crippen molar-refractivity contribution in [2.45, 2.75) is 111 Å². The number of carbonyl (C=O) groups is 2. The van der Waals surface area contributed by atoms with E-state index < -0.39 is 0 Å². The monoisotopic (exact) mass is 866 g/mol. The molecule has 1 unspecified atom stereocenters. The van der Waals surface area contributed by atoms with Crippen LogP contribution in [0.2, 0.25) is 0 Å². The van der Waals surface area contributed by atoms with Gasteiger partial charge in [0.25, 0.3) is 0 Å². The number of likely N-dealkylation sites (tertiary alicyclic amines) is 3. The van der Waals surface area contributed by atoms with E-state index in [2.05, 4.69) is 76.6 Å². The van der Waals surface area contributed by atoms with E-state index in [4.69, 9.17) is 14.2 Å². The summed E-state index contributed by atoms with van der Waals surface area (Å²) >= 11 is 0. The van der Waals surface area contributed by atoms with Gasteiger partial charge in [0.05, 0.1) is 32.5 Å². The van der Waals surface area contributed by atoms with Crippen LogP contribution in [0.4, 0.5) is 0 Å². The van der Waals surface area contributed by atoms with Crippen LogP contribution < -0.4 is 14.2 Å². The van der Waals surface area contributed by atoms with Crippen molar-refractivity contribution >= 4 is 17.8 Å². The van der Waals surface area contributed by atoms with E-state index in [1.165, 1.54) is 90.3 Å². The van der Waals surface area contributed by atoms with E-state index in [-0.39, 0.29) is 11.9 Å². The van der Waals surface area contributed by atoms with Gasteiger partial charge < -0.3 is 33.6 Å². The van der Waals surface area contributed by atoms with Gasteiger partial charge in [-0.25, -0.2) is 4.79 Å². The molecule has 0 aromatic heterocycles. The quantitative estimate of drug-likeness (QED) is 0.0665. The molecule has 3 saturated heterocycles. The molecule has 1 saturated carbocycles. The van der Waals surface area contributed by atoms with Gasteiger partial charge in [0.1, 0.15) is 17.2 Å². The molecule has 3 atom stereocenters. The molecule has 9 heteroatoms. The lowest BCUT2D eigenvalue weighted by Gasteiger charge is -2.34. The van der Waals surface area contributed by atoms with Gasteiger partial charge in [-0.3, -0.25) is 4.79 Å². The number of allylic oxidation sites excluding steroid dienone is 1. The molecule has 3 aromatic rings. The third-order valence-electron chi connectivity index (χ3n) is 12.6. The number of nitrogens with zero attached hydrogens (tertiary/aromatic N) is 3. The Kier molecular flexibility index (Phi) is 22.1. The maximum Gasteiger partial charge on any atom is 0.337 e. The van der Waals surface area contributed by atoms with E-state index in [9.17, 15) is 9.59 Å². The Morgan fingerprint density at radius 2 is 1.11 bits per heavy atom. The maximum atomic E-state index is 12.0. The van der Waals surface area contributed by atoms with Crippen LogP contribution in [0.1, 0.15) is 131 Å². The van der Waals surface area contributed by atoms with Crippen molar-refractivity contribution in [1.29, 1.82) is 0 Å². The third-order valence-corrected chi connectivity index (χ3v) is 12.6. The van der Waals surface area contributed by atoms with Gasteiger partial charge in [0.15, 0.2) is 5.78 Å². The summed E-state index contributed by atoms with van der Waals surface area (Å²) < 4.78 is 22.0. The molecule has 1 aliphatic carbocycles. The van der Waals surface area contributed by atoms with Crippen molar-refractivity contribution in [3.05, 3.63) is 95.6 Å². The predicted octanol–water partition coefficient (Wildman–Crippen LogP) is 11.1. The Bertz CT molecular complexity index is 1740. The molecule has 63 heavy (non-hydrogen) atoms. The lowest BCUT2D eigenvalue weighted by Crippen LogP contribution is -2.39. The predicted molar refractivity (Wildman–Crippen MR) is 257 cm³/mol. The number of benzene rings is 3. The summed E-state index contributed by atoms with van der Waals surface area (Å²) in [6, 6.07) is 23.8. The zero-order valence-corrected chi connectivity index (χ0v) is 39.4. The van der Waals surface area contributed by atoms with Crippen LogP contribution in [0.5, 0.6) is 17.2 Å². The van der Waals surface area contributed by atoms with Crippen LogP contribution >= 0.6 is 0 Å². The fourth-order valence-electron chi connectivity index (χ4n) is 9.03. The van der Waals surface area contributed by atoms with Crippen LogP contribution in [0, 0.1) is 17.8 Å². The molecule has 3 aromatic carbocycles. The first-order valence-corrected chi connectivity index (χ1v) is 24.3. The number of carbonyl (C=O) groups excluding carboxylic acids is 2. The summed E-state index contributed by atoms with van der Waals surface area (Å²) in [5, 5.41) is 0. The van der Waals surface area contributed by atoms with E-state index in [1.54, 1.807) is 12.1 Å². The van der Waals surface area contributed by atoms with Gasteiger partial charge in [0.2, 0.25) is 0 Å². The highest BCUT2D eigenvalue weighted by atomic mass is 16.5. The number of hydrogen-bond donors (Lipinski definition) is 0. The normalized spacial score (nSPS) is 20.7. The van der Waals surface area contributed by atoms with Crippen LogP contribution in [-0.2, 0) is 4.74 Å². The third kappa shape index (κ3) is 18.8. The minimum Gasteiger partial charge on any atom is -0.494 e. The van der Waals surface area contributed by atoms with Gasteiger partial charge >= 0.3 is 5.97 Å². The minimum absolute atomic E-state index is 0.288. The highest BCUT2D eigenvalue weighted by Crippen LogP contribution is 2.33. The fourth-order valence-corrected chi connectivity index (χ4v) is 9.03. The Labute approximate surface area is 380 Å². The number of Topliss-reactive ketones (excluding diaryl/α,β-unsaturated/α-hetero) is 1. The van der Waals surface area contributed by atoms with Crippen LogP contribution in [-0.4, -0.2) is 112 Å². The molecule has 3 heterocycles. The Hall–Kier alpha value is -4.18. The first-order valence-electron chi connectivity index (χ1n) is 24.3. The summed E-state index contributed by atoms with van der Waals surface area (Å²) in [4.78, 5) is 30.9. The van der Waals surface area contributed by atoms with Crippen LogP contribution in [0.3, 0.4) is 0 Å². The summed E-state index contributed by atoms with van der Waals surface area (Å²) in [7, 11) is 1.38. The van der Waals surface area contributed by atoms with Gasteiger partial charge in [0, 0.05) is 50.2 Å². The maximum absolute atomic E-state index is 12.0. The van der Waals surface area contributed by atoms with E-state index in [0.717, 1.165) is 106 Å². The lowest BCUT2D eigenvalue weighted by molar-refractivity contribution is 0.0600. The standard InChI is InChI=1S/C20H29NO2.C18H27NO.C16H23NO3/c1-15-12-16(2)14-21(13-15)10-3-11-23-19-8-6-18(7-9-19)20(22)17-4-5-17;1-3-7-17-9-11-18(12-10-17)20-15-6-14-19-13-5-4-8-16(19)2;1-19-16(18)14-6-8-15(9-7-14)20-13-5-12-17-10-3-2-4-11-17/h6-9,15-17H,3-5,10-14H2,1-2H3;3,7,9-12,16H,4-6,8,13-15H2,1-2H3;6-9H,2-5,10-13H2,1H3/t15-,16+;;. The first-order chi connectivity index (χ1) is 30.7. The van der Waals surface area contributed by atoms with Gasteiger partial charge in [-0.15, -0.1) is 0 Å². The van der Waals surface area contributed by atoms with Crippen molar-refractivity contribution in [3.8, 4) is 17.2 Å².